The van der Waals surface area contributed by atoms with E-state index in [4.69, 9.17) is 4.43 Å². The summed E-state index contributed by atoms with van der Waals surface area (Å²) in [4.78, 5) is 16.3. The highest BCUT2D eigenvalue weighted by molar-refractivity contribution is 7.82. The Bertz CT molecular complexity index is 1020. The summed E-state index contributed by atoms with van der Waals surface area (Å²) in [5.41, 5.74) is 2.21. The first kappa shape index (κ1) is 27.8. The lowest BCUT2D eigenvalue weighted by Gasteiger charge is -2.49. The lowest BCUT2D eigenvalue weighted by Crippen LogP contribution is -2.65. The Hall–Kier alpha value is -1.80. The molecule has 7 heteroatoms. The van der Waals surface area contributed by atoms with Gasteiger partial charge in [0.05, 0.1) is 24.1 Å². The first-order chi connectivity index (χ1) is 16.3. The number of rotatable bonds is 8. The molecule has 3 rings (SSSR count). The molecule has 0 N–H and O–H groups in total. The summed E-state index contributed by atoms with van der Waals surface area (Å²) in [6, 6.07) is 17.6. The van der Waals surface area contributed by atoms with Crippen molar-refractivity contribution in [3.8, 4) is 0 Å². The van der Waals surface area contributed by atoms with Crippen LogP contribution in [-0.2, 0) is 26.8 Å². The van der Waals surface area contributed by atoms with Crippen LogP contribution in [0, 0.1) is 12.8 Å². The van der Waals surface area contributed by atoms with E-state index >= 15 is 0 Å². The minimum absolute atomic E-state index is 0.00459. The second-order valence-electron chi connectivity index (χ2n) is 11.5. The van der Waals surface area contributed by atoms with Crippen LogP contribution in [0.2, 0.25) is 18.1 Å². The van der Waals surface area contributed by atoms with Crippen LogP contribution in [0.5, 0.6) is 0 Å². The fourth-order valence-corrected chi connectivity index (χ4v) is 6.80. The van der Waals surface area contributed by atoms with Gasteiger partial charge in [0.1, 0.15) is 11.0 Å². The molecule has 5 nitrogen and oxygen atoms in total. The summed E-state index contributed by atoms with van der Waals surface area (Å²) < 4.78 is 22.4. The van der Waals surface area contributed by atoms with E-state index in [9.17, 15) is 9.00 Å². The molecule has 1 fully saturated rings. The lowest BCUT2D eigenvalue weighted by atomic mass is 9.93. The van der Waals surface area contributed by atoms with E-state index in [0.29, 0.717) is 13.2 Å². The maximum atomic E-state index is 13.8. The number of benzene rings is 2. The smallest absolute Gasteiger partial charge is 0.238 e. The Labute approximate surface area is 215 Å². The Balaban J connectivity index is 1.98. The van der Waals surface area contributed by atoms with Gasteiger partial charge in [-0.25, -0.2) is 8.51 Å². The Morgan fingerprint density at radius 2 is 1.66 bits per heavy atom. The van der Waals surface area contributed by atoms with Gasteiger partial charge in [0.25, 0.3) is 0 Å². The van der Waals surface area contributed by atoms with E-state index in [2.05, 4.69) is 59.8 Å². The van der Waals surface area contributed by atoms with Crippen molar-refractivity contribution in [1.82, 2.24) is 9.21 Å². The molecule has 0 saturated carbocycles. The van der Waals surface area contributed by atoms with Gasteiger partial charge in [0.15, 0.2) is 8.32 Å². The molecule has 192 valence electrons. The molecule has 2 aromatic rings. The van der Waals surface area contributed by atoms with E-state index in [1.807, 2.05) is 58.6 Å². The molecule has 0 aromatic heterocycles. The maximum Gasteiger partial charge on any atom is 0.238 e. The predicted molar refractivity (Wildman–Crippen MR) is 147 cm³/mol. The van der Waals surface area contributed by atoms with Crippen molar-refractivity contribution in [1.29, 1.82) is 0 Å². The topological polar surface area (TPSA) is 49.9 Å². The maximum absolute atomic E-state index is 13.8. The highest BCUT2D eigenvalue weighted by atomic mass is 32.2. The van der Waals surface area contributed by atoms with E-state index in [-0.39, 0.29) is 35.5 Å². The quantitative estimate of drug-likeness (QED) is 0.420. The fraction of sp³-hybridized carbons (Fsp3) is 0.536. The second-order valence-corrected chi connectivity index (χ2v) is 17.8. The molecule has 3 atom stereocenters. The van der Waals surface area contributed by atoms with Crippen molar-refractivity contribution in [3.63, 3.8) is 0 Å². The van der Waals surface area contributed by atoms with Gasteiger partial charge in [0.2, 0.25) is 5.91 Å². The molecule has 0 spiro atoms. The van der Waals surface area contributed by atoms with Crippen LogP contribution in [0.15, 0.2) is 59.5 Å². The second kappa shape index (κ2) is 11.1. The first-order valence-electron chi connectivity index (χ1n) is 12.5. The largest absolute Gasteiger partial charge is 0.415 e. The highest BCUT2D eigenvalue weighted by Crippen LogP contribution is 2.38. The van der Waals surface area contributed by atoms with Crippen molar-refractivity contribution in [3.05, 3.63) is 65.7 Å². The van der Waals surface area contributed by atoms with E-state index in [1.54, 1.807) is 0 Å². The molecule has 0 aliphatic carbocycles. The van der Waals surface area contributed by atoms with Gasteiger partial charge >= 0.3 is 0 Å². The van der Waals surface area contributed by atoms with Gasteiger partial charge in [-0.1, -0.05) is 82.6 Å². The number of amides is 1. The zero-order valence-corrected chi connectivity index (χ0v) is 24.4. The predicted octanol–water partition coefficient (Wildman–Crippen LogP) is 5.78. The Morgan fingerprint density at radius 3 is 2.20 bits per heavy atom. The van der Waals surface area contributed by atoms with Crippen LogP contribution in [-0.4, -0.2) is 52.9 Å². The third-order valence-electron chi connectivity index (χ3n) is 7.47. The molecule has 0 unspecified atom stereocenters. The van der Waals surface area contributed by atoms with E-state index in [0.717, 1.165) is 16.0 Å². The van der Waals surface area contributed by atoms with Crippen LogP contribution >= 0.6 is 0 Å². The molecular formula is C28H42N2O3SSi. The van der Waals surface area contributed by atoms with Gasteiger partial charge in [-0.2, -0.15) is 0 Å². The summed E-state index contributed by atoms with van der Waals surface area (Å²) in [6.07, 6.45) is 0. The van der Waals surface area contributed by atoms with Crippen LogP contribution in [0.25, 0.3) is 0 Å². The summed E-state index contributed by atoms with van der Waals surface area (Å²) >= 11 is 0. The molecule has 1 heterocycles. The zero-order chi connectivity index (χ0) is 26.0. The molecule has 1 aliphatic rings. The number of nitrogens with zero attached hydrogens (tertiary/aromatic N) is 2. The monoisotopic (exact) mass is 514 g/mol. The third kappa shape index (κ3) is 6.50. The van der Waals surface area contributed by atoms with Crippen LogP contribution < -0.4 is 0 Å². The molecule has 2 aromatic carbocycles. The Kier molecular flexibility index (Phi) is 8.79. The fourth-order valence-electron chi connectivity index (χ4n) is 4.31. The summed E-state index contributed by atoms with van der Waals surface area (Å²) in [7, 11) is -3.48. The van der Waals surface area contributed by atoms with Crippen molar-refractivity contribution < 1.29 is 13.4 Å². The van der Waals surface area contributed by atoms with Crippen molar-refractivity contribution >= 4 is 25.2 Å². The Morgan fingerprint density at radius 1 is 1.06 bits per heavy atom. The number of aryl methyl sites for hydroxylation is 1. The lowest BCUT2D eigenvalue weighted by molar-refractivity contribution is -0.143. The highest BCUT2D eigenvalue weighted by Gasteiger charge is 2.46. The van der Waals surface area contributed by atoms with E-state index in [1.165, 1.54) is 0 Å². The zero-order valence-electron chi connectivity index (χ0n) is 22.6. The van der Waals surface area contributed by atoms with E-state index < -0.39 is 19.3 Å². The minimum Gasteiger partial charge on any atom is -0.415 e. The first-order valence-corrected chi connectivity index (χ1v) is 16.6. The van der Waals surface area contributed by atoms with Gasteiger partial charge < -0.3 is 9.33 Å². The van der Waals surface area contributed by atoms with Gasteiger partial charge in [0, 0.05) is 12.6 Å². The van der Waals surface area contributed by atoms with Crippen molar-refractivity contribution in [2.75, 3.05) is 13.2 Å². The van der Waals surface area contributed by atoms with Gasteiger partial charge in [-0.15, -0.1) is 0 Å². The molecule has 1 saturated heterocycles. The van der Waals surface area contributed by atoms with Crippen LogP contribution in [0.3, 0.4) is 0 Å². The standard InChI is InChI=1S/C28H42N2O3SSi/c1-21(2)27-25(20-33-35(7,8)28(4,5)6)29(18-23-12-10-9-11-13-23)26(31)19-30(27)34(32)24-16-14-22(3)15-17-24/h9-17,21,25,27H,18-20H2,1-8H3/t25-,27-,34+/m1/s1. The average molecular weight is 515 g/mol. The minimum atomic E-state index is -2.05. The van der Waals surface area contributed by atoms with Gasteiger partial charge in [-0.05, 0) is 48.7 Å². The van der Waals surface area contributed by atoms with Crippen LogP contribution in [0.4, 0.5) is 0 Å². The molecule has 35 heavy (non-hydrogen) atoms. The van der Waals surface area contributed by atoms with Crippen LogP contribution in [0.1, 0.15) is 45.7 Å². The SMILES string of the molecule is Cc1ccc([S@](=O)N2CC(=O)N(Cc3ccccc3)[C@H](CO[Si](C)(C)C(C)(C)C)[C@H]2C(C)C)cc1. The number of hydrogen-bond donors (Lipinski definition) is 0. The normalized spacial score (nSPS) is 20.9. The molecule has 1 aliphatic heterocycles. The number of carbonyl (C=O) groups excluding carboxylic acids is 1. The summed E-state index contributed by atoms with van der Waals surface area (Å²) in [6.45, 7) is 18.6. The number of carbonyl (C=O) groups is 1. The molecular weight excluding hydrogens is 472 g/mol. The van der Waals surface area contributed by atoms with Gasteiger partial charge in [-0.3, -0.25) is 4.79 Å². The molecule has 0 radical (unpaired) electrons. The number of piperazine rings is 1. The molecule has 0 bridgehead atoms. The third-order valence-corrected chi connectivity index (χ3v) is 13.4. The summed E-state index contributed by atoms with van der Waals surface area (Å²) in [5, 5.41) is 0.0632. The molecule has 1 amide bonds. The number of hydrogen-bond acceptors (Lipinski definition) is 3. The average Bonchev–Trinajstić information content (AvgIpc) is 2.78. The van der Waals surface area contributed by atoms with Crippen molar-refractivity contribution in [2.24, 2.45) is 5.92 Å². The van der Waals surface area contributed by atoms with Crippen molar-refractivity contribution in [2.45, 2.75) is 83.2 Å². The summed E-state index contributed by atoms with van der Waals surface area (Å²) in [5.74, 6) is 0.179.